The Hall–Kier alpha value is -0.180. The standard InChI is InChI=1S/C16H24ClNS/c1-16(2,3)15(8-9-17)18-10-12-11-19-14-7-5-4-6-13(12)14/h4-7,12,15,18H,8-11H2,1-3H3. The van der Waals surface area contributed by atoms with Gasteiger partial charge in [-0.05, 0) is 23.5 Å². The van der Waals surface area contributed by atoms with Gasteiger partial charge >= 0.3 is 0 Å². The highest BCUT2D eigenvalue weighted by Gasteiger charge is 2.27. The first-order valence-corrected chi connectivity index (χ1v) is 8.55. The molecule has 1 aromatic carbocycles. The Morgan fingerprint density at radius 1 is 1.37 bits per heavy atom. The number of hydrogen-bond donors (Lipinski definition) is 1. The lowest BCUT2D eigenvalue weighted by Crippen LogP contribution is -2.42. The first-order chi connectivity index (χ1) is 9.02. The van der Waals surface area contributed by atoms with Crippen molar-refractivity contribution in [1.29, 1.82) is 0 Å². The van der Waals surface area contributed by atoms with E-state index in [0.717, 1.165) is 18.8 Å². The molecule has 2 rings (SSSR count). The Bertz CT molecular complexity index is 413. The fraction of sp³-hybridized carbons (Fsp3) is 0.625. The van der Waals surface area contributed by atoms with E-state index in [2.05, 4.69) is 50.4 Å². The molecule has 19 heavy (non-hydrogen) atoms. The van der Waals surface area contributed by atoms with Crippen LogP contribution in [-0.2, 0) is 0 Å². The highest BCUT2D eigenvalue weighted by molar-refractivity contribution is 7.99. The van der Waals surface area contributed by atoms with Gasteiger partial charge in [0.2, 0.25) is 0 Å². The number of nitrogens with one attached hydrogen (secondary N) is 1. The Kier molecular flexibility index (Phi) is 5.22. The fourth-order valence-electron chi connectivity index (χ4n) is 2.63. The Morgan fingerprint density at radius 3 is 2.79 bits per heavy atom. The molecule has 0 aromatic heterocycles. The molecule has 106 valence electrons. The maximum atomic E-state index is 5.93. The van der Waals surface area contributed by atoms with Crippen molar-refractivity contribution in [3.8, 4) is 0 Å². The van der Waals surface area contributed by atoms with Crippen molar-refractivity contribution in [2.24, 2.45) is 5.41 Å². The predicted octanol–water partition coefficient (Wildman–Crippen LogP) is 4.51. The maximum absolute atomic E-state index is 5.93. The first kappa shape index (κ1) is 15.2. The minimum atomic E-state index is 0.264. The summed E-state index contributed by atoms with van der Waals surface area (Å²) in [7, 11) is 0. The van der Waals surface area contributed by atoms with Crippen molar-refractivity contribution < 1.29 is 0 Å². The molecule has 1 aromatic rings. The van der Waals surface area contributed by atoms with Gasteiger partial charge in [0.15, 0.2) is 0 Å². The van der Waals surface area contributed by atoms with Crippen LogP contribution in [0.2, 0.25) is 0 Å². The Morgan fingerprint density at radius 2 is 2.11 bits per heavy atom. The lowest BCUT2D eigenvalue weighted by Gasteiger charge is -2.32. The molecule has 2 unspecified atom stereocenters. The highest BCUT2D eigenvalue weighted by atomic mass is 35.5. The lowest BCUT2D eigenvalue weighted by atomic mass is 9.84. The van der Waals surface area contributed by atoms with Crippen LogP contribution >= 0.6 is 23.4 Å². The molecule has 0 bridgehead atoms. The molecule has 1 aliphatic rings. The molecule has 0 amide bonds. The summed E-state index contributed by atoms with van der Waals surface area (Å²) in [6.45, 7) is 7.92. The van der Waals surface area contributed by atoms with E-state index in [-0.39, 0.29) is 5.41 Å². The van der Waals surface area contributed by atoms with Crippen LogP contribution in [0.4, 0.5) is 0 Å². The third kappa shape index (κ3) is 3.90. The Labute approximate surface area is 126 Å². The highest BCUT2D eigenvalue weighted by Crippen LogP contribution is 2.39. The van der Waals surface area contributed by atoms with Gasteiger partial charge in [-0.3, -0.25) is 0 Å². The molecular formula is C16H24ClNS. The monoisotopic (exact) mass is 297 g/mol. The molecule has 0 saturated heterocycles. The summed E-state index contributed by atoms with van der Waals surface area (Å²) in [5, 5.41) is 3.75. The fourth-order valence-corrected chi connectivity index (χ4v) is 4.11. The third-order valence-electron chi connectivity index (χ3n) is 3.85. The predicted molar refractivity (Wildman–Crippen MR) is 86.5 cm³/mol. The molecule has 1 aliphatic heterocycles. The minimum Gasteiger partial charge on any atom is -0.313 e. The van der Waals surface area contributed by atoms with Crippen LogP contribution in [0.15, 0.2) is 29.2 Å². The summed E-state index contributed by atoms with van der Waals surface area (Å²) in [6.07, 6.45) is 1.03. The van der Waals surface area contributed by atoms with Crippen LogP contribution in [0.5, 0.6) is 0 Å². The van der Waals surface area contributed by atoms with Gasteiger partial charge in [-0.15, -0.1) is 23.4 Å². The second kappa shape index (κ2) is 6.51. The summed E-state index contributed by atoms with van der Waals surface area (Å²) in [5.74, 6) is 2.57. The van der Waals surface area contributed by atoms with Crippen LogP contribution in [0.25, 0.3) is 0 Å². The number of benzene rings is 1. The molecule has 0 radical (unpaired) electrons. The van der Waals surface area contributed by atoms with Crippen LogP contribution < -0.4 is 5.32 Å². The smallest absolute Gasteiger partial charge is 0.0238 e. The van der Waals surface area contributed by atoms with Gasteiger partial charge < -0.3 is 5.32 Å². The molecule has 0 aliphatic carbocycles. The van der Waals surface area contributed by atoms with Gasteiger partial charge in [-0.1, -0.05) is 39.0 Å². The van der Waals surface area contributed by atoms with Crippen molar-refractivity contribution in [3.05, 3.63) is 29.8 Å². The number of fused-ring (bicyclic) bond motifs is 1. The maximum Gasteiger partial charge on any atom is 0.0238 e. The van der Waals surface area contributed by atoms with Gasteiger partial charge in [0.1, 0.15) is 0 Å². The SMILES string of the molecule is CC(C)(C)C(CCCl)NCC1CSc2ccccc21. The van der Waals surface area contributed by atoms with E-state index in [1.54, 1.807) is 0 Å². The number of alkyl halides is 1. The molecule has 0 saturated carbocycles. The zero-order valence-electron chi connectivity index (χ0n) is 12.1. The Balaban J connectivity index is 1.96. The molecular weight excluding hydrogens is 274 g/mol. The zero-order chi connectivity index (χ0) is 13.9. The van der Waals surface area contributed by atoms with E-state index in [1.807, 2.05) is 11.8 Å². The topological polar surface area (TPSA) is 12.0 Å². The normalized spacial score (nSPS) is 20.3. The van der Waals surface area contributed by atoms with Crippen LogP contribution in [0.3, 0.4) is 0 Å². The third-order valence-corrected chi connectivity index (χ3v) is 5.32. The van der Waals surface area contributed by atoms with Gasteiger partial charge in [0, 0.05) is 35.0 Å². The van der Waals surface area contributed by atoms with Crippen molar-refractivity contribution in [3.63, 3.8) is 0 Å². The average Bonchev–Trinajstić information content (AvgIpc) is 2.76. The second-order valence-electron chi connectivity index (χ2n) is 6.35. The van der Waals surface area contributed by atoms with Crippen LogP contribution in [-0.4, -0.2) is 24.2 Å². The number of hydrogen-bond acceptors (Lipinski definition) is 2. The number of halogens is 1. The molecule has 0 fully saturated rings. The quantitative estimate of drug-likeness (QED) is 0.803. The molecule has 0 spiro atoms. The summed E-state index contributed by atoms with van der Waals surface area (Å²) >= 11 is 7.92. The lowest BCUT2D eigenvalue weighted by molar-refractivity contribution is 0.260. The van der Waals surface area contributed by atoms with Gasteiger partial charge in [0.05, 0.1) is 0 Å². The number of thioether (sulfide) groups is 1. The molecule has 2 atom stereocenters. The van der Waals surface area contributed by atoms with Crippen LogP contribution in [0.1, 0.15) is 38.7 Å². The van der Waals surface area contributed by atoms with Crippen molar-refractivity contribution in [2.45, 2.75) is 44.0 Å². The summed E-state index contributed by atoms with van der Waals surface area (Å²) in [5.41, 5.74) is 1.78. The van der Waals surface area contributed by atoms with Gasteiger partial charge in [-0.25, -0.2) is 0 Å². The molecule has 1 N–H and O–H groups in total. The van der Waals surface area contributed by atoms with E-state index < -0.39 is 0 Å². The van der Waals surface area contributed by atoms with Crippen molar-refractivity contribution >= 4 is 23.4 Å². The zero-order valence-corrected chi connectivity index (χ0v) is 13.7. The summed E-state index contributed by atoms with van der Waals surface area (Å²) in [4.78, 5) is 1.46. The largest absolute Gasteiger partial charge is 0.313 e. The van der Waals surface area contributed by atoms with Crippen LogP contribution in [0, 0.1) is 5.41 Å². The minimum absolute atomic E-state index is 0.264. The molecule has 1 nitrogen and oxygen atoms in total. The van der Waals surface area contributed by atoms with E-state index in [4.69, 9.17) is 11.6 Å². The van der Waals surface area contributed by atoms with Crippen molar-refractivity contribution in [2.75, 3.05) is 18.2 Å². The van der Waals surface area contributed by atoms with Gasteiger partial charge in [-0.2, -0.15) is 0 Å². The second-order valence-corrected chi connectivity index (χ2v) is 7.79. The van der Waals surface area contributed by atoms with Gasteiger partial charge in [0.25, 0.3) is 0 Å². The average molecular weight is 298 g/mol. The van der Waals surface area contributed by atoms with E-state index >= 15 is 0 Å². The number of rotatable bonds is 5. The molecule has 1 heterocycles. The van der Waals surface area contributed by atoms with Crippen molar-refractivity contribution in [1.82, 2.24) is 5.32 Å². The first-order valence-electron chi connectivity index (χ1n) is 7.03. The van der Waals surface area contributed by atoms with E-state index in [0.29, 0.717) is 12.0 Å². The summed E-state index contributed by atoms with van der Waals surface area (Å²) in [6, 6.07) is 9.28. The molecule has 3 heteroatoms. The van der Waals surface area contributed by atoms with E-state index in [9.17, 15) is 0 Å². The summed E-state index contributed by atoms with van der Waals surface area (Å²) < 4.78 is 0. The van der Waals surface area contributed by atoms with E-state index in [1.165, 1.54) is 16.2 Å².